The van der Waals surface area contributed by atoms with Crippen LogP contribution in [0.15, 0.2) is 59.6 Å². The number of benzene rings is 2. The first kappa shape index (κ1) is 24.9. The molecule has 1 saturated heterocycles. The van der Waals surface area contributed by atoms with E-state index in [0.717, 1.165) is 49.1 Å². The number of hydrogen-bond donors (Lipinski definition) is 3. The van der Waals surface area contributed by atoms with E-state index >= 15 is 0 Å². The number of hydrogen-bond acceptors (Lipinski definition) is 3. The van der Waals surface area contributed by atoms with E-state index < -0.39 is 0 Å². The van der Waals surface area contributed by atoms with Gasteiger partial charge in [-0.25, -0.2) is 0 Å². The van der Waals surface area contributed by atoms with Gasteiger partial charge in [-0.2, -0.15) is 0 Å². The fourth-order valence-electron chi connectivity index (χ4n) is 3.71. The number of rotatable bonds is 7. The molecular formula is C23H32ClIN4O. The van der Waals surface area contributed by atoms with Gasteiger partial charge >= 0.3 is 0 Å². The van der Waals surface area contributed by atoms with Crippen LogP contribution >= 0.6 is 35.6 Å². The zero-order valence-electron chi connectivity index (χ0n) is 17.7. The van der Waals surface area contributed by atoms with E-state index in [2.05, 4.69) is 58.2 Å². The van der Waals surface area contributed by atoms with Crippen molar-refractivity contribution in [2.24, 2.45) is 4.99 Å². The molecule has 0 amide bonds. The van der Waals surface area contributed by atoms with Gasteiger partial charge < -0.3 is 20.7 Å². The molecule has 1 heterocycles. The third-order valence-corrected chi connectivity index (χ3v) is 5.86. The van der Waals surface area contributed by atoms with Gasteiger partial charge in [-0.05, 0) is 37.0 Å². The van der Waals surface area contributed by atoms with Gasteiger partial charge in [0.1, 0.15) is 0 Å². The monoisotopic (exact) mass is 542 g/mol. The number of nitrogens with one attached hydrogen (secondary N) is 3. The molecule has 2 aromatic carbocycles. The lowest BCUT2D eigenvalue weighted by Crippen LogP contribution is -2.58. The Labute approximate surface area is 202 Å². The van der Waals surface area contributed by atoms with Crippen LogP contribution in [0.5, 0.6) is 0 Å². The summed E-state index contributed by atoms with van der Waals surface area (Å²) in [5.41, 5.74) is 2.29. The molecule has 5 nitrogen and oxygen atoms in total. The Morgan fingerprint density at radius 3 is 2.40 bits per heavy atom. The molecule has 0 aliphatic carbocycles. The molecule has 0 spiro atoms. The topological polar surface area (TPSA) is 57.7 Å². The second-order valence-corrected chi connectivity index (χ2v) is 7.95. The summed E-state index contributed by atoms with van der Waals surface area (Å²) >= 11 is 6.26. The van der Waals surface area contributed by atoms with Crippen LogP contribution in [0.1, 0.15) is 36.9 Å². The lowest BCUT2D eigenvalue weighted by Gasteiger charge is -2.41. The summed E-state index contributed by atoms with van der Waals surface area (Å²) in [6.45, 7) is 5.15. The normalized spacial score (nSPS) is 17.0. The highest BCUT2D eigenvalue weighted by molar-refractivity contribution is 14.0. The van der Waals surface area contributed by atoms with Gasteiger partial charge in [0.05, 0.1) is 0 Å². The van der Waals surface area contributed by atoms with E-state index in [4.69, 9.17) is 16.3 Å². The minimum absolute atomic E-state index is 0. The Hall–Kier alpha value is -1.35. The zero-order chi connectivity index (χ0) is 20.5. The Morgan fingerprint density at radius 2 is 1.73 bits per heavy atom. The third kappa shape index (κ3) is 7.11. The van der Waals surface area contributed by atoms with E-state index in [1.54, 1.807) is 7.05 Å². The highest BCUT2D eigenvalue weighted by Crippen LogP contribution is 2.25. The second-order valence-electron chi connectivity index (χ2n) is 7.54. The number of halogens is 2. The van der Waals surface area contributed by atoms with Crippen LogP contribution < -0.4 is 16.0 Å². The van der Waals surface area contributed by atoms with Crippen molar-refractivity contribution in [3.63, 3.8) is 0 Å². The maximum Gasteiger partial charge on any atom is 0.191 e. The standard InChI is InChI=1S/C23H31ClN4O.HI/c1-18(19-8-4-3-5-9-19)28-23(12-14-29-15-13-23)17-27-22(25-2)26-16-20-10-6-7-11-21(20)24;/h3-11,18,28H,12-17H2,1-2H3,(H2,25,26,27);1H. The van der Waals surface area contributed by atoms with Crippen molar-refractivity contribution >= 4 is 41.5 Å². The van der Waals surface area contributed by atoms with Crippen molar-refractivity contribution in [2.45, 2.75) is 37.9 Å². The number of nitrogens with zero attached hydrogens (tertiary/aromatic N) is 1. The SMILES string of the molecule is CN=C(NCc1ccccc1Cl)NCC1(NC(C)c2ccccc2)CCOCC1.I. The molecule has 1 fully saturated rings. The molecule has 7 heteroatoms. The summed E-state index contributed by atoms with van der Waals surface area (Å²) in [6.07, 6.45) is 1.91. The van der Waals surface area contributed by atoms with Gasteiger partial charge in [-0.3, -0.25) is 4.99 Å². The van der Waals surface area contributed by atoms with Gasteiger partial charge in [-0.1, -0.05) is 60.1 Å². The van der Waals surface area contributed by atoms with Crippen LogP contribution in [-0.2, 0) is 11.3 Å². The minimum Gasteiger partial charge on any atom is -0.381 e. The smallest absolute Gasteiger partial charge is 0.191 e. The minimum atomic E-state index is -0.0461. The summed E-state index contributed by atoms with van der Waals surface area (Å²) < 4.78 is 5.64. The lowest BCUT2D eigenvalue weighted by atomic mass is 9.88. The van der Waals surface area contributed by atoms with E-state index in [1.807, 2.05) is 24.3 Å². The molecule has 164 valence electrons. The molecule has 3 N–H and O–H groups in total. The Morgan fingerprint density at radius 1 is 1.07 bits per heavy atom. The van der Waals surface area contributed by atoms with Crippen LogP contribution in [0.3, 0.4) is 0 Å². The Balaban J connectivity index is 0.00000320. The largest absolute Gasteiger partial charge is 0.381 e. The molecule has 0 bridgehead atoms. The quantitative estimate of drug-likeness (QED) is 0.274. The first-order valence-corrected chi connectivity index (χ1v) is 10.6. The third-order valence-electron chi connectivity index (χ3n) is 5.49. The number of aliphatic imine (C=N–C) groups is 1. The zero-order valence-corrected chi connectivity index (χ0v) is 20.7. The molecular weight excluding hydrogens is 511 g/mol. The fraction of sp³-hybridized carbons (Fsp3) is 0.435. The molecule has 1 aliphatic heterocycles. The van der Waals surface area contributed by atoms with Crippen LogP contribution in [0.2, 0.25) is 5.02 Å². The fourth-order valence-corrected chi connectivity index (χ4v) is 3.92. The maximum atomic E-state index is 6.26. The van der Waals surface area contributed by atoms with E-state index in [0.29, 0.717) is 6.54 Å². The van der Waals surface area contributed by atoms with E-state index in [9.17, 15) is 0 Å². The van der Waals surface area contributed by atoms with Crippen molar-refractivity contribution in [3.8, 4) is 0 Å². The molecule has 3 rings (SSSR count). The molecule has 0 saturated carbocycles. The molecule has 0 radical (unpaired) electrons. The second kappa shape index (κ2) is 12.5. The molecule has 1 unspecified atom stereocenters. The average Bonchev–Trinajstić information content (AvgIpc) is 2.76. The van der Waals surface area contributed by atoms with Gasteiger partial charge in [0.25, 0.3) is 0 Å². The lowest BCUT2D eigenvalue weighted by molar-refractivity contribution is 0.0355. The summed E-state index contributed by atoms with van der Waals surface area (Å²) in [5.74, 6) is 0.768. The van der Waals surface area contributed by atoms with Crippen LogP contribution in [-0.4, -0.2) is 38.3 Å². The first-order chi connectivity index (χ1) is 14.1. The molecule has 2 aromatic rings. The predicted octanol–water partition coefficient (Wildman–Crippen LogP) is 4.52. The van der Waals surface area contributed by atoms with Crippen LogP contribution in [0, 0.1) is 0 Å². The van der Waals surface area contributed by atoms with Gasteiger partial charge in [0.15, 0.2) is 5.96 Å². The summed E-state index contributed by atoms with van der Waals surface area (Å²) in [7, 11) is 1.79. The molecule has 0 aromatic heterocycles. The number of guanidine groups is 1. The Kier molecular flexibility index (Phi) is 10.4. The van der Waals surface area contributed by atoms with Crippen molar-refractivity contribution < 1.29 is 4.74 Å². The van der Waals surface area contributed by atoms with Crippen molar-refractivity contribution in [3.05, 3.63) is 70.7 Å². The molecule has 1 aliphatic rings. The predicted molar refractivity (Wildman–Crippen MR) is 136 cm³/mol. The van der Waals surface area contributed by atoms with E-state index in [1.165, 1.54) is 5.56 Å². The van der Waals surface area contributed by atoms with Gasteiger partial charge in [0, 0.05) is 50.0 Å². The van der Waals surface area contributed by atoms with E-state index in [-0.39, 0.29) is 35.6 Å². The average molecular weight is 543 g/mol. The van der Waals surface area contributed by atoms with Gasteiger partial charge in [-0.15, -0.1) is 24.0 Å². The van der Waals surface area contributed by atoms with Gasteiger partial charge in [0.2, 0.25) is 0 Å². The van der Waals surface area contributed by atoms with Crippen molar-refractivity contribution in [2.75, 3.05) is 26.8 Å². The van der Waals surface area contributed by atoms with Crippen LogP contribution in [0.4, 0.5) is 0 Å². The van der Waals surface area contributed by atoms with Crippen LogP contribution in [0.25, 0.3) is 0 Å². The summed E-state index contributed by atoms with van der Waals surface area (Å²) in [4.78, 5) is 4.38. The number of ether oxygens (including phenoxy) is 1. The van der Waals surface area contributed by atoms with Crippen molar-refractivity contribution in [1.82, 2.24) is 16.0 Å². The Bertz CT molecular complexity index is 797. The highest BCUT2D eigenvalue weighted by Gasteiger charge is 2.34. The first-order valence-electron chi connectivity index (χ1n) is 10.2. The molecule has 1 atom stereocenters. The van der Waals surface area contributed by atoms with Crippen molar-refractivity contribution in [1.29, 1.82) is 0 Å². The molecule has 30 heavy (non-hydrogen) atoms. The highest BCUT2D eigenvalue weighted by atomic mass is 127. The maximum absolute atomic E-state index is 6.26. The summed E-state index contributed by atoms with van der Waals surface area (Å²) in [5, 5.41) is 11.5. The summed E-state index contributed by atoms with van der Waals surface area (Å²) in [6, 6.07) is 18.7.